The van der Waals surface area contributed by atoms with Crippen LogP contribution in [0.2, 0.25) is 0 Å². The lowest BCUT2D eigenvalue weighted by atomic mass is 9.85. The topological polar surface area (TPSA) is 107 Å². The summed E-state index contributed by atoms with van der Waals surface area (Å²) in [5.74, 6) is -0.207. The van der Waals surface area contributed by atoms with Crippen molar-refractivity contribution < 1.29 is 9.13 Å². The minimum absolute atomic E-state index is 0.269. The van der Waals surface area contributed by atoms with E-state index >= 15 is 0 Å². The van der Waals surface area contributed by atoms with Crippen molar-refractivity contribution in [3.05, 3.63) is 109 Å². The Kier molecular flexibility index (Phi) is 5.14. The summed E-state index contributed by atoms with van der Waals surface area (Å²) in [5.41, 5.74) is 3.41. The minimum atomic E-state index is -0.541. The third-order valence-corrected chi connectivity index (χ3v) is 5.13. The van der Waals surface area contributed by atoms with Crippen molar-refractivity contribution in [2.75, 3.05) is 0 Å². The molecule has 8 heteroatoms. The van der Waals surface area contributed by atoms with Gasteiger partial charge < -0.3 is 14.9 Å². The van der Waals surface area contributed by atoms with Crippen LogP contribution in [0.5, 0.6) is 5.75 Å². The molecule has 0 fully saturated rings. The summed E-state index contributed by atoms with van der Waals surface area (Å²) in [6.07, 6.45) is 0. The van der Waals surface area contributed by atoms with Crippen LogP contribution in [-0.4, -0.2) is 20.4 Å². The van der Waals surface area contributed by atoms with E-state index in [1.54, 1.807) is 38.1 Å². The largest absolute Gasteiger partial charge is 0.489 e. The number of aryl methyl sites for hydroxylation is 2. The van der Waals surface area contributed by atoms with E-state index in [-0.39, 0.29) is 16.9 Å². The summed E-state index contributed by atoms with van der Waals surface area (Å²) in [5, 5.41) is 10.8. The van der Waals surface area contributed by atoms with Gasteiger partial charge in [0.1, 0.15) is 18.2 Å². The maximum atomic E-state index is 13.0. The quantitative estimate of drug-likeness (QED) is 0.393. The highest BCUT2D eigenvalue weighted by Crippen LogP contribution is 2.32. The first-order chi connectivity index (χ1) is 14.4. The van der Waals surface area contributed by atoms with Crippen molar-refractivity contribution >= 4 is 0 Å². The number of rotatable bonds is 6. The average Bonchev–Trinajstić information content (AvgIpc) is 3.25. The van der Waals surface area contributed by atoms with E-state index in [1.807, 2.05) is 12.1 Å². The fourth-order valence-electron chi connectivity index (χ4n) is 3.59. The SMILES string of the molecule is Cc1[nH][nH]c(=O)c1C(c1ccc(OCc2ccc(F)cc2)cc1)c1c(C)[nH][nH]c1=O. The van der Waals surface area contributed by atoms with Crippen LogP contribution in [0.15, 0.2) is 58.1 Å². The lowest BCUT2D eigenvalue weighted by molar-refractivity contribution is 0.306. The molecule has 0 radical (unpaired) electrons. The molecule has 4 rings (SSSR count). The lowest BCUT2D eigenvalue weighted by Gasteiger charge is -2.16. The summed E-state index contributed by atoms with van der Waals surface area (Å²) < 4.78 is 18.8. The highest BCUT2D eigenvalue weighted by Gasteiger charge is 2.27. The van der Waals surface area contributed by atoms with Crippen molar-refractivity contribution in [3.63, 3.8) is 0 Å². The van der Waals surface area contributed by atoms with Gasteiger partial charge in [-0.1, -0.05) is 24.3 Å². The van der Waals surface area contributed by atoms with Gasteiger partial charge in [0.2, 0.25) is 0 Å². The number of aromatic nitrogens is 4. The van der Waals surface area contributed by atoms with E-state index in [9.17, 15) is 14.0 Å². The molecule has 0 bridgehead atoms. The number of hydrogen-bond acceptors (Lipinski definition) is 3. The number of H-pyrrole nitrogens is 4. The van der Waals surface area contributed by atoms with Crippen LogP contribution in [0.4, 0.5) is 4.39 Å². The molecule has 0 aliphatic heterocycles. The molecule has 4 aromatic rings. The zero-order chi connectivity index (χ0) is 21.3. The number of nitrogens with one attached hydrogen (secondary N) is 4. The molecule has 2 heterocycles. The minimum Gasteiger partial charge on any atom is -0.489 e. The molecule has 0 saturated carbocycles. The van der Waals surface area contributed by atoms with E-state index in [4.69, 9.17) is 4.74 Å². The third kappa shape index (κ3) is 3.71. The maximum absolute atomic E-state index is 13.0. The Morgan fingerprint density at radius 2 is 1.33 bits per heavy atom. The average molecular weight is 408 g/mol. The summed E-state index contributed by atoms with van der Waals surface area (Å²) in [4.78, 5) is 24.9. The Morgan fingerprint density at radius 3 is 1.80 bits per heavy atom. The smallest absolute Gasteiger partial charge is 0.268 e. The van der Waals surface area contributed by atoms with E-state index in [2.05, 4.69) is 20.4 Å². The first-order valence-corrected chi connectivity index (χ1v) is 9.45. The molecule has 0 unspecified atom stereocenters. The zero-order valence-electron chi connectivity index (χ0n) is 16.5. The molecule has 154 valence electrons. The number of ether oxygens (including phenoxy) is 1. The van der Waals surface area contributed by atoms with Gasteiger partial charge >= 0.3 is 0 Å². The molecule has 0 atom stereocenters. The summed E-state index contributed by atoms with van der Waals surface area (Å²) in [6, 6.07) is 13.4. The fraction of sp³-hybridized carbons (Fsp3) is 0.182. The normalized spacial score (nSPS) is 11.2. The molecule has 2 aromatic heterocycles. The van der Waals surface area contributed by atoms with Gasteiger partial charge in [-0.3, -0.25) is 19.8 Å². The number of aromatic amines is 4. The summed E-state index contributed by atoms with van der Waals surface area (Å²) >= 11 is 0. The first-order valence-electron chi connectivity index (χ1n) is 9.45. The highest BCUT2D eigenvalue weighted by molar-refractivity contribution is 5.45. The van der Waals surface area contributed by atoms with Crippen molar-refractivity contribution in [3.8, 4) is 5.75 Å². The second-order valence-electron chi connectivity index (χ2n) is 7.15. The van der Waals surface area contributed by atoms with E-state index < -0.39 is 5.92 Å². The van der Waals surface area contributed by atoms with Gasteiger partial charge in [-0.15, -0.1) is 0 Å². The molecule has 0 spiro atoms. The van der Waals surface area contributed by atoms with Crippen LogP contribution in [0.1, 0.15) is 39.6 Å². The van der Waals surface area contributed by atoms with Crippen LogP contribution in [-0.2, 0) is 6.61 Å². The van der Waals surface area contributed by atoms with Crippen molar-refractivity contribution in [1.82, 2.24) is 20.4 Å². The van der Waals surface area contributed by atoms with Crippen LogP contribution in [0, 0.1) is 19.7 Å². The van der Waals surface area contributed by atoms with Crippen molar-refractivity contribution in [2.45, 2.75) is 26.4 Å². The molecule has 0 aliphatic carbocycles. The van der Waals surface area contributed by atoms with E-state index in [0.717, 1.165) is 11.1 Å². The number of benzene rings is 2. The molecule has 30 heavy (non-hydrogen) atoms. The number of hydrogen-bond donors (Lipinski definition) is 4. The van der Waals surface area contributed by atoms with Crippen molar-refractivity contribution in [1.29, 1.82) is 0 Å². The molecule has 2 aromatic carbocycles. The molecule has 0 aliphatic rings. The first kappa shape index (κ1) is 19.5. The van der Waals surface area contributed by atoms with Crippen LogP contribution in [0.25, 0.3) is 0 Å². The molecular formula is C22H21FN4O3. The molecule has 0 saturated heterocycles. The Labute approximate surface area is 170 Å². The maximum Gasteiger partial charge on any atom is 0.268 e. The summed E-state index contributed by atoms with van der Waals surface area (Å²) in [7, 11) is 0. The molecule has 0 amide bonds. The standard InChI is InChI=1S/C22H21FN4O3/c1-12-18(21(28)26-24-12)20(19-13(2)25-27-22(19)29)15-5-9-17(10-6-15)30-11-14-3-7-16(23)8-4-14/h3-10,20H,11H2,1-2H3,(H2,24,26,28)(H2,25,27,29). The van der Waals surface area contributed by atoms with Gasteiger partial charge in [0.05, 0.1) is 11.1 Å². The highest BCUT2D eigenvalue weighted by atomic mass is 19.1. The Morgan fingerprint density at radius 1 is 0.800 bits per heavy atom. The predicted octanol–water partition coefficient (Wildman–Crippen LogP) is 3.23. The third-order valence-electron chi connectivity index (χ3n) is 5.13. The number of halogens is 1. The molecule has 4 N–H and O–H groups in total. The van der Waals surface area contributed by atoms with Crippen LogP contribution < -0.4 is 15.9 Å². The van der Waals surface area contributed by atoms with Gasteiger partial charge in [-0.25, -0.2) is 4.39 Å². The lowest BCUT2D eigenvalue weighted by Crippen LogP contribution is -2.20. The Bertz CT molecular complexity index is 1210. The zero-order valence-corrected chi connectivity index (χ0v) is 16.5. The van der Waals surface area contributed by atoms with Crippen LogP contribution in [0.3, 0.4) is 0 Å². The molecule has 7 nitrogen and oxygen atoms in total. The molecular weight excluding hydrogens is 387 g/mol. The monoisotopic (exact) mass is 408 g/mol. The van der Waals surface area contributed by atoms with Gasteiger partial charge in [0.15, 0.2) is 0 Å². The van der Waals surface area contributed by atoms with Crippen LogP contribution >= 0.6 is 0 Å². The van der Waals surface area contributed by atoms with E-state index in [1.165, 1.54) is 12.1 Å². The second kappa shape index (κ2) is 7.90. The van der Waals surface area contributed by atoms with E-state index in [0.29, 0.717) is 34.9 Å². The Balaban J connectivity index is 1.66. The fourth-order valence-corrected chi connectivity index (χ4v) is 3.59. The van der Waals surface area contributed by atoms with Gasteiger partial charge in [-0.2, -0.15) is 0 Å². The second-order valence-corrected chi connectivity index (χ2v) is 7.15. The van der Waals surface area contributed by atoms with Gasteiger partial charge in [0, 0.05) is 17.3 Å². The van der Waals surface area contributed by atoms with Gasteiger partial charge in [0.25, 0.3) is 11.1 Å². The Hall–Kier alpha value is -3.81. The van der Waals surface area contributed by atoms with Gasteiger partial charge in [-0.05, 0) is 49.2 Å². The summed E-state index contributed by atoms with van der Waals surface area (Å²) in [6.45, 7) is 3.88. The predicted molar refractivity (Wildman–Crippen MR) is 110 cm³/mol. The van der Waals surface area contributed by atoms with Crippen molar-refractivity contribution in [2.24, 2.45) is 0 Å².